The van der Waals surface area contributed by atoms with Crippen LogP contribution in [0.5, 0.6) is 5.75 Å². The molecule has 1 aromatic carbocycles. The molecule has 7 rings (SSSR count). The van der Waals surface area contributed by atoms with Crippen LogP contribution in [-0.2, 0) is 4.79 Å². The van der Waals surface area contributed by atoms with E-state index in [1.54, 1.807) is 30.9 Å². The molecule has 0 radical (unpaired) electrons. The third-order valence-corrected chi connectivity index (χ3v) is 8.31. The number of benzene rings is 1. The van der Waals surface area contributed by atoms with E-state index < -0.39 is 5.82 Å². The predicted molar refractivity (Wildman–Crippen MR) is 175 cm³/mol. The SMILES string of the molecule is CN(C)CCOc1cc(F)cc(-c2nccc3[nH]c(-c4n[nH]c5ncc(-c6cncc(NC(=O)C7CCCCC7)c6)cc45)nc23)c1. The quantitative estimate of drug-likeness (QED) is 0.173. The normalized spacial score (nSPS) is 13.9. The number of fused-ring (bicyclic) bond motifs is 2. The number of rotatable bonds is 9. The van der Waals surface area contributed by atoms with E-state index in [1.807, 2.05) is 37.2 Å². The number of hydrogen-bond donors (Lipinski definition) is 3. The molecule has 3 N–H and O–H groups in total. The zero-order valence-corrected chi connectivity index (χ0v) is 25.7. The number of aromatic amines is 2. The Morgan fingerprint density at radius 3 is 2.70 bits per heavy atom. The average Bonchev–Trinajstić information content (AvgIpc) is 3.69. The largest absolute Gasteiger partial charge is 0.492 e. The van der Waals surface area contributed by atoms with Crippen LogP contribution >= 0.6 is 0 Å². The highest BCUT2D eigenvalue weighted by Gasteiger charge is 2.22. The van der Waals surface area contributed by atoms with Crippen LogP contribution in [0.25, 0.3) is 56.0 Å². The van der Waals surface area contributed by atoms with Crippen molar-refractivity contribution in [1.29, 1.82) is 0 Å². The number of anilines is 1. The number of ether oxygens (including phenoxy) is 1. The number of halogens is 1. The lowest BCUT2D eigenvalue weighted by Crippen LogP contribution is -2.24. The summed E-state index contributed by atoms with van der Waals surface area (Å²) in [6.45, 7) is 1.13. The van der Waals surface area contributed by atoms with Crippen LogP contribution in [0.2, 0.25) is 0 Å². The van der Waals surface area contributed by atoms with Gasteiger partial charge in [0.05, 0.1) is 28.5 Å². The van der Waals surface area contributed by atoms with Gasteiger partial charge in [0.25, 0.3) is 0 Å². The Kier molecular flexibility index (Phi) is 8.10. The number of carbonyl (C=O) groups excluding carboxylic acids is 1. The Bertz CT molecular complexity index is 2030. The van der Waals surface area contributed by atoms with Crippen molar-refractivity contribution in [2.45, 2.75) is 32.1 Å². The second kappa shape index (κ2) is 12.6. The second-order valence-corrected chi connectivity index (χ2v) is 11.9. The number of aromatic nitrogens is 7. The first-order valence-corrected chi connectivity index (χ1v) is 15.5. The Labute approximate surface area is 264 Å². The van der Waals surface area contributed by atoms with Gasteiger partial charge in [-0.1, -0.05) is 19.3 Å². The summed E-state index contributed by atoms with van der Waals surface area (Å²) in [7, 11) is 3.91. The van der Waals surface area contributed by atoms with Crippen LogP contribution in [0.15, 0.2) is 61.2 Å². The fraction of sp³-hybridized carbons (Fsp3) is 0.294. The highest BCUT2D eigenvalue weighted by molar-refractivity contribution is 5.97. The molecule has 0 atom stereocenters. The van der Waals surface area contributed by atoms with E-state index in [0.29, 0.717) is 58.5 Å². The number of imidazole rings is 1. The molecule has 1 aliphatic carbocycles. The van der Waals surface area contributed by atoms with Crippen molar-refractivity contribution in [3.8, 4) is 39.7 Å². The lowest BCUT2D eigenvalue weighted by molar-refractivity contribution is -0.120. The van der Waals surface area contributed by atoms with E-state index in [9.17, 15) is 9.18 Å². The van der Waals surface area contributed by atoms with Gasteiger partial charge in [-0.05, 0) is 57.3 Å². The number of H-pyrrole nitrogens is 2. The van der Waals surface area contributed by atoms with Gasteiger partial charge in [0, 0.05) is 53.8 Å². The van der Waals surface area contributed by atoms with Crippen molar-refractivity contribution in [2.75, 3.05) is 32.6 Å². The van der Waals surface area contributed by atoms with Crippen molar-refractivity contribution in [3.05, 3.63) is 67.0 Å². The molecule has 46 heavy (non-hydrogen) atoms. The summed E-state index contributed by atoms with van der Waals surface area (Å²) < 4.78 is 20.5. The molecule has 0 aliphatic heterocycles. The summed E-state index contributed by atoms with van der Waals surface area (Å²) in [6.07, 6.45) is 12.1. The average molecular weight is 620 g/mol. The van der Waals surface area contributed by atoms with Gasteiger partial charge in [0.2, 0.25) is 5.91 Å². The fourth-order valence-electron chi connectivity index (χ4n) is 5.90. The zero-order chi connectivity index (χ0) is 31.6. The molecule has 5 heterocycles. The van der Waals surface area contributed by atoms with E-state index in [2.05, 4.69) is 35.5 Å². The standard InChI is InChI=1S/C34H34FN9O2/c1-44(2)10-11-46-26-14-21(12-24(35)16-26)29-31-28(8-9-37-29)40-33(41-31)30-27-15-23(18-38-32(27)43-42-30)22-13-25(19-36-17-22)39-34(45)20-6-4-3-5-7-20/h8-9,12-20H,3-7,10-11H2,1-2H3,(H,39,45)(H,40,41)(H,38,42,43). The molecule has 1 fully saturated rings. The third kappa shape index (κ3) is 6.16. The lowest BCUT2D eigenvalue weighted by Gasteiger charge is -2.20. The molecule has 0 unspecified atom stereocenters. The first-order chi connectivity index (χ1) is 22.4. The van der Waals surface area contributed by atoms with Crippen LogP contribution < -0.4 is 10.1 Å². The van der Waals surface area contributed by atoms with E-state index in [0.717, 1.165) is 47.7 Å². The molecule has 234 valence electrons. The number of nitrogens with one attached hydrogen (secondary N) is 3. The highest BCUT2D eigenvalue weighted by atomic mass is 19.1. The summed E-state index contributed by atoms with van der Waals surface area (Å²) in [6, 6.07) is 10.3. The summed E-state index contributed by atoms with van der Waals surface area (Å²) in [4.78, 5) is 36.6. The smallest absolute Gasteiger partial charge is 0.227 e. The fourth-order valence-corrected chi connectivity index (χ4v) is 5.90. The van der Waals surface area contributed by atoms with Crippen molar-refractivity contribution in [2.24, 2.45) is 5.92 Å². The molecule has 12 heteroatoms. The molecule has 0 bridgehead atoms. The predicted octanol–water partition coefficient (Wildman–Crippen LogP) is 6.22. The van der Waals surface area contributed by atoms with Crippen molar-refractivity contribution >= 4 is 33.7 Å². The molecule has 5 aromatic heterocycles. The van der Waals surface area contributed by atoms with Gasteiger partial charge in [-0.15, -0.1) is 0 Å². The molecule has 0 spiro atoms. The van der Waals surface area contributed by atoms with E-state index in [4.69, 9.17) is 9.72 Å². The van der Waals surface area contributed by atoms with Crippen LogP contribution in [0.1, 0.15) is 32.1 Å². The Morgan fingerprint density at radius 2 is 1.85 bits per heavy atom. The van der Waals surface area contributed by atoms with Crippen molar-refractivity contribution in [1.82, 2.24) is 40.0 Å². The maximum atomic E-state index is 14.7. The van der Waals surface area contributed by atoms with Crippen LogP contribution in [0.4, 0.5) is 10.1 Å². The molecule has 1 aliphatic rings. The first-order valence-electron chi connectivity index (χ1n) is 15.5. The topological polar surface area (TPSA) is 138 Å². The van der Waals surface area contributed by atoms with Gasteiger partial charge in [-0.3, -0.25) is 19.9 Å². The molecular weight excluding hydrogens is 585 g/mol. The van der Waals surface area contributed by atoms with Gasteiger partial charge in [-0.25, -0.2) is 14.4 Å². The van der Waals surface area contributed by atoms with Gasteiger partial charge < -0.3 is 19.9 Å². The summed E-state index contributed by atoms with van der Waals surface area (Å²) >= 11 is 0. The van der Waals surface area contributed by atoms with Gasteiger partial charge in [0.15, 0.2) is 11.5 Å². The minimum Gasteiger partial charge on any atom is -0.492 e. The number of hydrogen-bond acceptors (Lipinski definition) is 8. The molecule has 0 saturated heterocycles. The lowest BCUT2D eigenvalue weighted by atomic mass is 9.88. The van der Waals surface area contributed by atoms with Crippen LogP contribution in [0.3, 0.4) is 0 Å². The molecule has 1 saturated carbocycles. The number of likely N-dealkylation sites (N-methyl/N-ethyl adjacent to an activating group) is 1. The van der Waals surface area contributed by atoms with Gasteiger partial charge >= 0.3 is 0 Å². The van der Waals surface area contributed by atoms with Gasteiger partial charge in [-0.2, -0.15) is 5.10 Å². The van der Waals surface area contributed by atoms with Crippen LogP contribution in [0, 0.1) is 11.7 Å². The maximum absolute atomic E-state index is 14.7. The van der Waals surface area contributed by atoms with E-state index in [1.165, 1.54) is 18.6 Å². The summed E-state index contributed by atoms with van der Waals surface area (Å²) in [5.41, 5.74) is 5.84. The second-order valence-electron chi connectivity index (χ2n) is 11.9. The number of carbonyl (C=O) groups is 1. The van der Waals surface area contributed by atoms with Crippen LogP contribution in [-0.4, -0.2) is 73.2 Å². The molecule has 1 amide bonds. The Hall–Kier alpha value is -5.23. The zero-order valence-electron chi connectivity index (χ0n) is 25.7. The minimum atomic E-state index is -0.420. The highest BCUT2D eigenvalue weighted by Crippen LogP contribution is 2.33. The number of pyridine rings is 3. The Morgan fingerprint density at radius 1 is 1.00 bits per heavy atom. The first kappa shape index (κ1) is 29.5. The van der Waals surface area contributed by atoms with E-state index in [-0.39, 0.29) is 11.8 Å². The third-order valence-electron chi connectivity index (χ3n) is 8.31. The molecule has 11 nitrogen and oxygen atoms in total. The monoisotopic (exact) mass is 619 g/mol. The van der Waals surface area contributed by atoms with E-state index >= 15 is 0 Å². The molecular formula is C34H34FN9O2. The number of amides is 1. The Balaban J connectivity index is 1.19. The maximum Gasteiger partial charge on any atom is 0.227 e. The summed E-state index contributed by atoms with van der Waals surface area (Å²) in [5, 5.41) is 11.3. The summed E-state index contributed by atoms with van der Waals surface area (Å²) in [5.74, 6) is 0.619. The minimum absolute atomic E-state index is 0.0489. The van der Waals surface area contributed by atoms with Gasteiger partial charge in [0.1, 0.15) is 29.4 Å². The molecule has 6 aromatic rings. The van der Waals surface area contributed by atoms with Crippen molar-refractivity contribution in [3.63, 3.8) is 0 Å². The van der Waals surface area contributed by atoms with Crippen molar-refractivity contribution < 1.29 is 13.9 Å². The number of nitrogens with zero attached hydrogens (tertiary/aromatic N) is 6.